The Labute approximate surface area is 129 Å². The SMILES string of the molecule is Cl.O=C(Cn1ccc2ccc(Cl)cc21)N1CCNCC1. The van der Waals surface area contributed by atoms with E-state index in [1.54, 1.807) is 0 Å². The van der Waals surface area contributed by atoms with Crippen LogP contribution in [0.1, 0.15) is 0 Å². The molecule has 1 aliphatic heterocycles. The van der Waals surface area contributed by atoms with E-state index in [1.165, 1.54) is 0 Å². The third-order valence-electron chi connectivity index (χ3n) is 3.51. The van der Waals surface area contributed by atoms with Crippen LogP contribution in [0.25, 0.3) is 10.9 Å². The molecule has 0 bridgehead atoms. The number of halogens is 2. The maximum Gasteiger partial charge on any atom is 0.242 e. The van der Waals surface area contributed by atoms with Gasteiger partial charge in [-0.1, -0.05) is 17.7 Å². The van der Waals surface area contributed by atoms with Crippen molar-refractivity contribution in [3.63, 3.8) is 0 Å². The predicted molar refractivity (Wildman–Crippen MR) is 83.6 cm³/mol. The summed E-state index contributed by atoms with van der Waals surface area (Å²) in [6.07, 6.45) is 1.95. The molecule has 1 saturated heterocycles. The van der Waals surface area contributed by atoms with Crippen molar-refractivity contribution in [1.29, 1.82) is 0 Å². The minimum atomic E-state index is 0. The van der Waals surface area contributed by atoms with Gasteiger partial charge in [-0.15, -0.1) is 12.4 Å². The fourth-order valence-corrected chi connectivity index (χ4v) is 2.62. The monoisotopic (exact) mass is 313 g/mol. The molecule has 1 N–H and O–H groups in total. The van der Waals surface area contributed by atoms with Gasteiger partial charge in [0, 0.05) is 42.9 Å². The maximum atomic E-state index is 12.2. The molecule has 1 fully saturated rings. The lowest BCUT2D eigenvalue weighted by Gasteiger charge is -2.27. The summed E-state index contributed by atoms with van der Waals surface area (Å²) in [5.74, 6) is 0.166. The number of hydrogen-bond donors (Lipinski definition) is 1. The largest absolute Gasteiger partial charge is 0.339 e. The summed E-state index contributed by atoms with van der Waals surface area (Å²) in [5, 5.41) is 5.05. The molecular weight excluding hydrogens is 297 g/mol. The van der Waals surface area contributed by atoms with Gasteiger partial charge in [0.25, 0.3) is 0 Å². The van der Waals surface area contributed by atoms with Gasteiger partial charge in [-0.25, -0.2) is 0 Å². The molecule has 0 atom stereocenters. The van der Waals surface area contributed by atoms with Gasteiger partial charge in [-0.3, -0.25) is 4.79 Å². The minimum Gasteiger partial charge on any atom is -0.339 e. The number of nitrogens with zero attached hydrogens (tertiary/aromatic N) is 2. The summed E-state index contributed by atoms with van der Waals surface area (Å²) in [6.45, 7) is 3.72. The van der Waals surface area contributed by atoms with Gasteiger partial charge >= 0.3 is 0 Å². The van der Waals surface area contributed by atoms with Crippen molar-refractivity contribution in [2.24, 2.45) is 0 Å². The molecule has 108 valence electrons. The van der Waals surface area contributed by atoms with Crippen LogP contribution in [0.15, 0.2) is 30.5 Å². The summed E-state index contributed by atoms with van der Waals surface area (Å²) < 4.78 is 1.96. The predicted octanol–water partition coefficient (Wildman–Crippen LogP) is 2.15. The maximum absolute atomic E-state index is 12.2. The van der Waals surface area contributed by atoms with Crippen molar-refractivity contribution in [3.05, 3.63) is 35.5 Å². The first-order valence-electron chi connectivity index (χ1n) is 6.47. The first kappa shape index (κ1) is 15.2. The molecular formula is C14H17Cl2N3O. The summed E-state index contributed by atoms with van der Waals surface area (Å²) in [4.78, 5) is 14.1. The molecule has 6 heteroatoms. The second-order valence-corrected chi connectivity index (χ2v) is 5.21. The van der Waals surface area contributed by atoms with E-state index in [-0.39, 0.29) is 18.3 Å². The van der Waals surface area contributed by atoms with E-state index in [0.717, 1.165) is 37.1 Å². The molecule has 0 radical (unpaired) electrons. The van der Waals surface area contributed by atoms with Gasteiger partial charge in [0.1, 0.15) is 6.54 Å². The Morgan fingerprint density at radius 3 is 2.75 bits per heavy atom. The second-order valence-electron chi connectivity index (χ2n) is 4.78. The number of piperazine rings is 1. The van der Waals surface area contributed by atoms with E-state index in [1.807, 2.05) is 39.9 Å². The van der Waals surface area contributed by atoms with Gasteiger partial charge in [0.15, 0.2) is 0 Å². The smallest absolute Gasteiger partial charge is 0.242 e. The number of hydrogen-bond acceptors (Lipinski definition) is 2. The van der Waals surface area contributed by atoms with Crippen LogP contribution in [0, 0.1) is 0 Å². The highest BCUT2D eigenvalue weighted by atomic mass is 35.5. The van der Waals surface area contributed by atoms with E-state index < -0.39 is 0 Å². The molecule has 1 aromatic heterocycles. The summed E-state index contributed by atoms with van der Waals surface area (Å²) in [5.41, 5.74) is 1.01. The van der Waals surface area contributed by atoms with Crippen molar-refractivity contribution in [3.8, 4) is 0 Å². The fourth-order valence-electron chi connectivity index (χ4n) is 2.45. The topological polar surface area (TPSA) is 37.3 Å². The molecule has 1 amide bonds. The number of fused-ring (bicyclic) bond motifs is 1. The zero-order valence-electron chi connectivity index (χ0n) is 11.0. The summed E-state index contributed by atoms with van der Waals surface area (Å²) in [7, 11) is 0. The molecule has 2 aromatic rings. The number of amides is 1. The molecule has 4 nitrogen and oxygen atoms in total. The average molecular weight is 314 g/mol. The number of aromatic nitrogens is 1. The molecule has 20 heavy (non-hydrogen) atoms. The van der Waals surface area contributed by atoms with E-state index >= 15 is 0 Å². The van der Waals surface area contributed by atoms with E-state index in [0.29, 0.717) is 11.6 Å². The summed E-state index contributed by atoms with van der Waals surface area (Å²) in [6, 6.07) is 7.76. The van der Waals surface area contributed by atoms with Crippen LogP contribution in [-0.2, 0) is 11.3 Å². The molecule has 3 rings (SSSR count). The van der Waals surface area contributed by atoms with Crippen molar-refractivity contribution in [2.75, 3.05) is 26.2 Å². The lowest BCUT2D eigenvalue weighted by Crippen LogP contribution is -2.47. The molecule has 1 aromatic carbocycles. The normalized spacial score (nSPS) is 15.2. The highest BCUT2D eigenvalue weighted by molar-refractivity contribution is 6.31. The summed E-state index contributed by atoms with van der Waals surface area (Å²) >= 11 is 6.02. The van der Waals surface area contributed by atoms with Gasteiger partial charge in [0.2, 0.25) is 5.91 Å². The van der Waals surface area contributed by atoms with E-state index in [9.17, 15) is 4.79 Å². The number of nitrogens with one attached hydrogen (secondary N) is 1. The Bertz CT molecular complexity index is 605. The second kappa shape index (κ2) is 6.48. The van der Waals surface area contributed by atoms with Gasteiger partial charge in [0.05, 0.1) is 0 Å². The molecule has 0 unspecified atom stereocenters. The quantitative estimate of drug-likeness (QED) is 0.922. The van der Waals surface area contributed by atoms with Crippen LogP contribution in [0.5, 0.6) is 0 Å². The van der Waals surface area contributed by atoms with Crippen LogP contribution in [0.2, 0.25) is 5.02 Å². The highest BCUT2D eigenvalue weighted by Crippen LogP contribution is 2.20. The van der Waals surface area contributed by atoms with Crippen LogP contribution in [0.4, 0.5) is 0 Å². The number of rotatable bonds is 2. The first-order chi connectivity index (χ1) is 9.24. The fraction of sp³-hybridized carbons (Fsp3) is 0.357. The third kappa shape index (κ3) is 3.08. The van der Waals surface area contributed by atoms with Crippen molar-refractivity contribution >= 4 is 40.8 Å². The molecule has 0 aliphatic carbocycles. The minimum absolute atomic E-state index is 0. The Hall–Kier alpha value is -1.23. The van der Waals surface area contributed by atoms with Crippen molar-refractivity contribution in [1.82, 2.24) is 14.8 Å². The standard InChI is InChI=1S/C14H16ClN3O.ClH/c15-12-2-1-11-3-6-18(13(11)9-12)10-14(19)17-7-4-16-5-8-17;/h1-3,6,9,16H,4-5,7-8,10H2;1H. The molecule has 2 heterocycles. The highest BCUT2D eigenvalue weighted by Gasteiger charge is 2.16. The number of benzene rings is 1. The van der Waals surface area contributed by atoms with Crippen molar-refractivity contribution < 1.29 is 4.79 Å². The van der Waals surface area contributed by atoms with Crippen LogP contribution in [0.3, 0.4) is 0 Å². The molecule has 1 aliphatic rings. The Kier molecular flexibility index (Phi) is 4.91. The van der Waals surface area contributed by atoms with Crippen LogP contribution in [-0.4, -0.2) is 41.6 Å². The number of carbonyl (C=O) groups excluding carboxylic acids is 1. The van der Waals surface area contributed by atoms with E-state index in [2.05, 4.69) is 5.32 Å². The van der Waals surface area contributed by atoms with Gasteiger partial charge in [-0.05, 0) is 23.6 Å². The van der Waals surface area contributed by atoms with Crippen LogP contribution >= 0.6 is 24.0 Å². The Balaban J connectivity index is 0.00000147. The molecule has 0 saturated carbocycles. The molecule has 0 spiro atoms. The van der Waals surface area contributed by atoms with Gasteiger partial charge in [-0.2, -0.15) is 0 Å². The lowest BCUT2D eigenvalue weighted by molar-refractivity contribution is -0.132. The lowest BCUT2D eigenvalue weighted by atomic mass is 10.2. The average Bonchev–Trinajstić information content (AvgIpc) is 2.82. The van der Waals surface area contributed by atoms with Crippen LogP contribution < -0.4 is 5.32 Å². The Morgan fingerprint density at radius 1 is 1.25 bits per heavy atom. The van der Waals surface area contributed by atoms with Crippen molar-refractivity contribution in [2.45, 2.75) is 6.54 Å². The third-order valence-corrected chi connectivity index (χ3v) is 3.75. The Morgan fingerprint density at radius 2 is 2.00 bits per heavy atom. The zero-order valence-corrected chi connectivity index (χ0v) is 12.6. The number of carbonyl (C=O) groups is 1. The van der Waals surface area contributed by atoms with Gasteiger partial charge < -0.3 is 14.8 Å². The first-order valence-corrected chi connectivity index (χ1v) is 6.85. The zero-order chi connectivity index (χ0) is 13.2. The van der Waals surface area contributed by atoms with E-state index in [4.69, 9.17) is 11.6 Å².